The molecule has 0 aliphatic rings. The molecule has 1 heterocycles. The first-order chi connectivity index (χ1) is 7.45. The highest BCUT2D eigenvalue weighted by atomic mass is 15.3. The van der Waals surface area contributed by atoms with Gasteiger partial charge in [0.05, 0.1) is 11.8 Å². The molecular weight excluding hydrogens is 200 g/mol. The monoisotopic (exact) mass is 220 g/mol. The van der Waals surface area contributed by atoms with Gasteiger partial charge in [-0.15, -0.1) is 0 Å². The largest absolute Gasteiger partial charge is 0.297 e. The van der Waals surface area contributed by atoms with Gasteiger partial charge in [-0.25, -0.2) is 0 Å². The van der Waals surface area contributed by atoms with Crippen LogP contribution in [-0.2, 0) is 6.54 Å². The lowest BCUT2D eigenvalue weighted by Crippen LogP contribution is -2.45. The molecule has 88 valence electrons. The molecule has 0 aliphatic heterocycles. The van der Waals surface area contributed by atoms with Gasteiger partial charge in [0.2, 0.25) is 0 Å². The Morgan fingerprint density at radius 2 is 2.31 bits per heavy atom. The first-order valence-electron chi connectivity index (χ1n) is 5.64. The second-order valence-corrected chi connectivity index (χ2v) is 4.71. The van der Waals surface area contributed by atoms with E-state index < -0.39 is 5.54 Å². The van der Waals surface area contributed by atoms with Gasteiger partial charge < -0.3 is 0 Å². The minimum atomic E-state index is -0.478. The Hall–Kier alpha value is -1.34. The topological polar surface area (TPSA) is 53.6 Å². The number of aromatic nitrogens is 2. The van der Waals surface area contributed by atoms with Crippen LogP contribution in [0.25, 0.3) is 0 Å². The zero-order chi connectivity index (χ0) is 12.2. The smallest absolute Gasteiger partial charge is 0.105 e. The molecule has 0 radical (unpaired) electrons. The highest BCUT2D eigenvalue weighted by Crippen LogP contribution is 2.11. The second kappa shape index (κ2) is 5.13. The number of rotatable bonds is 5. The third-order valence-electron chi connectivity index (χ3n) is 2.47. The van der Waals surface area contributed by atoms with Gasteiger partial charge in [0.15, 0.2) is 0 Å². The van der Waals surface area contributed by atoms with Crippen LogP contribution in [0.2, 0.25) is 0 Å². The van der Waals surface area contributed by atoms with Gasteiger partial charge in [0, 0.05) is 18.8 Å². The fourth-order valence-corrected chi connectivity index (χ4v) is 1.72. The molecule has 0 aromatic carbocycles. The van der Waals surface area contributed by atoms with E-state index in [4.69, 9.17) is 0 Å². The van der Waals surface area contributed by atoms with Crippen molar-refractivity contribution in [2.75, 3.05) is 0 Å². The molecule has 1 aromatic rings. The second-order valence-electron chi connectivity index (χ2n) is 4.71. The summed E-state index contributed by atoms with van der Waals surface area (Å²) in [5.41, 5.74) is 0.532. The Morgan fingerprint density at radius 1 is 1.62 bits per heavy atom. The van der Waals surface area contributed by atoms with Crippen LogP contribution in [0.4, 0.5) is 0 Å². The van der Waals surface area contributed by atoms with Crippen molar-refractivity contribution in [3.05, 3.63) is 18.0 Å². The minimum absolute atomic E-state index is 0.309. The van der Waals surface area contributed by atoms with E-state index in [9.17, 15) is 5.26 Å². The lowest BCUT2D eigenvalue weighted by Gasteiger charge is -2.25. The molecule has 0 aliphatic carbocycles. The van der Waals surface area contributed by atoms with E-state index in [1.807, 2.05) is 44.6 Å². The molecule has 0 fully saturated rings. The predicted octanol–water partition coefficient (Wildman–Crippen LogP) is 1.86. The highest BCUT2D eigenvalue weighted by molar-refractivity contribution is 5.04. The van der Waals surface area contributed by atoms with Crippen molar-refractivity contribution in [2.24, 2.45) is 0 Å². The van der Waals surface area contributed by atoms with E-state index in [1.54, 1.807) is 0 Å². The van der Waals surface area contributed by atoms with E-state index in [2.05, 4.69) is 16.5 Å². The van der Waals surface area contributed by atoms with Crippen molar-refractivity contribution in [1.82, 2.24) is 15.1 Å². The minimum Gasteiger partial charge on any atom is -0.297 e. The average Bonchev–Trinajstić information content (AvgIpc) is 2.60. The van der Waals surface area contributed by atoms with Gasteiger partial charge >= 0.3 is 0 Å². The summed E-state index contributed by atoms with van der Waals surface area (Å²) >= 11 is 0. The van der Waals surface area contributed by atoms with Gasteiger partial charge in [-0.3, -0.25) is 10.00 Å². The third kappa shape index (κ3) is 3.67. The third-order valence-corrected chi connectivity index (χ3v) is 2.47. The van der Waals surface area contributed by atoms with Crippen LogP contribution in [0.3, 0.4) is 0 Å². The lowest BCUT2D eigenvalue weighted by atomic mass is 9.99. The molecule has 4 nitrogen and oxygen atoms in total. The molecule has 1 unspecified atom stereocenters. The van der Waals surface area contributed by atoms with Crippen LogP contribution >= 0.6 is 0 Å². The molecular formula is C12H20N4. The van der Waals surface area contributed by atoms with Gasteiger partial charge in [-0.05, 0) is 40.2 Å². The van der Waals surface area contributed by atoms with Crippen molar-refractivity contribution in [2.45, 2.75) is 52.2 Å². The first-order valence-corrected chi connectivity index (χ1v) is 5.64. The SMILES string of the molecule is Cc1ccn(CCC(C)(C#N)NC(C)C)n1. The Morgan fingerprint density at radius 3 is 2.75 bits per heavy atom. The van der Waals surface area contributed by atoms with Crippen LogP contribution in [0.1, 0.15) is 32.9 Å². The highest BCUT2D eigenvalue weighted by Gasteiger charge is 2.23. The number of nitrogens with one attached hydrogen (secondary N) is 1. The summed E-state index contributed by atoms with van der Waals surface area (Å²) in [6.45, 7) is 8.76. The van der Waals surface area contributed by atoms with Crippen LogP contribution in [-0.4, -0.2) is 21.4 Å². The van der Waals surface area contributed by atoms with Crippen molar-refractivity contribution >= 4 is 0 Å². The van der Waals surface area contributed by atoms with Gasteiger partial charge in [-0.2, -0.15) is 10.4 Å². The van der Waals surface area contributed by atoms with Crippen LogP contribution in [0.5, 0.6) is 0 Å². The van der Waals surface area contributed by atoms with E-state index in [1.165, 1.54) is 0 Å². The van der Waals surface area contributed by atoms with E-state index in [0.29, 0.717) is 6.04 Å². The fraction of sp³-hybridized carbons (Fsp3) is 0.667. The van der Waals surface area contributed by atoms with Crippen LogP contribution in [0.15, 0.2) is 12.3 Å². The molecule has 0 bridgehead atoms. The summed E-state index contributed by atoms with van der Waals surface area (Å²) < 4.78 is 1.88. The molecule has 16 heavy (non-hydrogen) atoms. The predicted molar refractivity (Wildman–Crippen MR) is 63.9 cm³/mol. The number of nitriles is 1. The molecule has 1 N–H and O–H groups in total. The summed E-state index contributed by atoms with van der Waals surface area (Å²) in [6, 6.07) is 4.62. The maximum Gasteiger partial charge on any atom is 0.105 e. The summed E-state index contributed by atoms with van der Waals surface area (Å²) in [5, 5.41) is 16.8. The molecule has 0 saturated heterocycles. The van der Waals surface area contributed by atoms with Crippen molar-refractivity contribution in [3.8, 4) is 6.07 Å². The zero-order valence-electron chi connectivity index (χ0n) is 10.5. The van der Waals surface area contributed by atoms with E-state index >= 15 is 0 Å². The summed E-state index contributed by atoms with van der Waals surface area (Å²) in [5.74, 6) is 0. The number of nitrogens with zero attached hydrogens (tertiary/aromatic N) is 3. The molecule has 1 rings (SSSR count). The molecule has 0 spiro atoms. The van der Waals surface area contributed by atoms with Crippen molar-refractivity contribution in [3.63, 3.8) is 0 Å². The Balaban J connectivity index is 2.55. The number of aryl methyl sites for hydroxylation is 2. The van der Waals surface area contributed by atoms with Crippen molar-refractivity contribution < 1.29 is 0 Å². The Kier molecular flexibility index (Phi) is 4.08. The quantitative estimate of drug-likeness (QED) is 0.824. The van der Waals surface area contributed by atoms with E-state index in [-0.39, 0.29) is 0 Å². The maximum atomic E-state index is 9.18. The number of hydrogen-bond acceptors (Lipinski definition) is 3. The molecule has 0 amide bonds. The molecule has 0 saturated carbocycles. The average molecular weight is 220 g/mol. The maximum absolute atomic E-state index is 9.18. The normalized spacial score (nSPS) is 14.8. The fourth-order valence-electron chi connectivity index (χ4n) is 1.72. The Bertz CT molecular complexity index is 375. The standard InChI is InChI=1S/C12H20N4/c1-10(2)14-12(4,9-13)6-8-16-7-5-11(3)15-16/h5,7,10,14H,6,8H2,1-4H3. The van der Waals surface area contributed by atoms with Crippen LogP contribution in [0, 0.1) is 18.3 Å². The lowest BCUT2D eigenvalue weighted by molar-refractivity contribution is 0.355. The summed E-state index contributed by atoms with van der Waals surface area (Å²) in [7, 11) is 0. The summed E-state index contributed by atoms with van der Waals surface area (Å²) in [4.78, 5) is 0. The van der Waals surface area contributed by atoms with Crippen LogP contribution < -0.4 is 5.32 Å². The molecule has 1 aromatic heterocycles. The Labute approximate surface area is 97.3 Å². The number of hydrogen-bond donors (Lipinski definition) is 1. The zero-order valence-corrected chi connectivity index (χ0v) is 10.5. The van der Waals surface area contributed by atoms with Crippen molar-refractivity contribution in [1.29, 1.82) is 5.26 Å². The van der Waals surface area contributed by atoms with Gasteiger partial charge in [-0.1, -0.05) is 0 Å². The van der Waals surface area contributed by atoms with Gasteiger partial charge in [0.25, 0.3) is 0 Å². The molecule has 4 heteroatoms. The molecule has 1 atom stereocenters. The summed E-state index contributed by atoms with van der Waals surface area (Å²) in [6.07, 6.45) is 2.70. The first kappa shape index (κ1) is 12.7. The van der Waals surface area contributed by atoms with E-state index in [0.717, 1.165) is 18.7 Å². The van der Waals surface area contributed by atoms with Gasteiger partial charge in [0.1, 0.15) is 5.54 Å².